The largest absolute Gasteiger partial charge is 0.478 e. The van der Waals surface area contributed by atoms with Gasteiger partial charge < -0.3 is 14.9 Å². The van der Waals surface area contributed by atoms with Crippen molar-refractivity contribution in [3.63, 3.8) is 0 Å². The van der Waals surface area contributed by atoms with Crippen molar-refractivity contribution in [3.8, 4) is 0 Å². The molecule has 1 aliphatic heterocycles. The number of hydrogen-bond acceptors (Lipinski definition) is 3. The van der Waals surface area contributed by atoms with E-state index in [1.54, 1.807) is 12.2 Å². The molecule has 0 aromatic heterocycles. The number of aliphatic hydroxyl groups is 1. The normalized spacial score (nSPS) is 21.8. The molecule has 3 unspecified atom stereocenters. The second-order valence-corrected chi connectivity index (χ2v) is 6.43. The fourth-order valence-corrected chi connectivity index (χ4v) is 2.65. The Morgan fingerprint density at radius 3 is 2.23 bits per heavy atom. The van der Waals surface area contributed by atoms with Gasteiger partial charge in [0.25, 0.3) is 0 Å². The molecule has 0 aromatic rings. The number of hydrogen-bond donors (Lipinski definition) is 2. The second kappa shape index (κ2) is 14.3. The number of unbranched alkanes of at least 4 members (excludes halogenated alkanes) is 2. The maximum absolute atomic E-state index is 10.2. The van der Waals surface area contributed by atoms with Crippen LogP contribution in [0.5, 0.6) is 0 Å². The number of rotatable bonds is 14. The van der Waals surface area contributed by atoms with Crippen LogP contribution in [0.2, 0.25) is 0 Å². The van der Waals surface area contributed by atoms with E-state index in [-0.39, 0.29) is 6.10 Å². The summed E-state index contributed by atoms with van der Waals surface area (Å²) in [6, 6.07) is 0. The third-order valence-corrected chi connectivity index (χ3v) is 4.18. The summed E-state index contributed by atoms with van der Waals surface area (Å²) in [5.41, 5.74) is 0. The molecule has 1 aliphatic rings. The van der Waals surface area contributed by atoms with Gasteiger partial charge in [-0.1, -0.05) is 80.9 Å². The van der Waals surface area contributed by atoms with Crippen LogP contribution in [0.4, 0.5) is 0 Å². The zero-order chi connectivity index (χ0) is 19.0. The summed E-state index contributed by atoms with van der Waals surface area (Å²) in [6.07, 6.45) is 25.3. The van der Waals surface area contributed by atoms with Crippen LogP contribution >= 0.6 is 0 Å². The Morgan fingerprint density at radius 2 is 1.62 bits per heavy atom. The highest BCUT2D eigenvalue weighted by Gasteiger charge is 2.35. The Hall–Kier alpha value is -1.91. The molecule has 0 bridgehead atoms. The predicted octanol–water partition coefficient (Wildman–Crippen LogP) is 4.73. The SMILES string of the molecule is CCC1OC1CCCCCC(O)CC=CC=CC=CC=CC=CC(=O)O. The lowest BCUT2D eigenvalue weighted by atomic mass is 10.0. The number of ether oxygens (including phenoxy) is 1. The van der Waals surface area contributed by atoms with E-state index in [1.807, 2.05) is 36.5 Å². The highest BCUT2D eigenvalue weighted by molar-refractivity contribution is 5.80. The Kier molecular flexibility index (Phi) is 12.2. The van der Waals surface area contributed by atoms with Gasteiger partial charge in [0, 0.05) is 6.08 Å². The molecule has 0 radical (unpaired) electrons. The topological polar surface area (TPSA) is 70.1 Å². The van der Waals surface area contributed by atoms with Crippen LogP contribution < -0.4 is 0 Å². The van der Waals surface area contributed by atoms with Crippen molar-refractivity contribution in [3.05, 3.63) is 60.8 Å². The lowest BCUT2D eigenvalue weighted by molar-refractivity contribution is -0.131. The van der Waals surface area contributed by atoms with Crippen molar-refractivity contribution in [2.75, 3.05) is 0 Å². The monoisotopic (exact) mass is 360 g/mol. The van der Waals surface area contributed by atoms with Gasteiger partial charge in [-0.25, -0.2) is 4.79 Å². The third-order valence-electron chi connectivity index (χ3n) is 4.18. The van der Waals surface area contributed by atoms with Gasteiger partial charge in [-0.05, 0) is 25.7 Å². The van der Waals surface area contributed by atoms with Crippen LogP contribution in [0.1, 0.15) is 51.9 Å². The van der Waals surface area contributed by atoms with Gasteiger partial charge in [0.1, 0.15) is 0 Å². The van der Waals surface area contributed by atoms with Gasteiger partial charge in [-0.15, -0.1) is 0 Å². The first-order valence-corrected chi connectivity index (χ1v) is 9.53. The summed E-state index contributed by atoms with van der Waals surface area (Å²) in [7, 11) is 0. The zero-order valence-corrected chi connectivity index (χ0v) is 15.7. The van der Waals surface area contributed by atoms with Crippen LogP contribution in [0, 0.1) is 0 Å². The molecule has 1 saturated heterocycles. The molecular formula is C22H32O4. The molecule has 4 heteroatoms. The van der Waals surface area contributed by atoms with E-state index in [0.717, 1.165) is 38.2 Å². The molecule has 0 amide bonds. The average molecular weight is 360 g/mol. The number of aliphatic hydroxyl groups excluding tert-OH is 1. The van der Waals surface area contributed by atoms with E-state index in [9.17, 15) is 9.90 Å². The summed E-state index contributed by atoms with van der Waals surface area (Å²) >= 11 is 0. The summed E-state index contributed by atoms with van der Waals surface area (Å²) < 4.78 is 5.52. The van der Waals surface area contributed by atoms with E-state index in [4.69, 9.17) is 9.84 Å². The van der Waals surface area contributed by atoms with Gasteiger partial charge in [0.2, 0.25) is 0 Å². The zero-order valence-electron chi connectivity index (χ0n) is 15.7. The molecular weight excluding hydrogens is 328 g/mol. The van der Waals surface area contributed by atoms with Crippen LogP contribution in [-0.4, -0.2) is 34.5 Å². The first kappa shape index (κ1) is 22.1. The van der Waals surface area contributed by atoms with Crippen molar-refractivity contribution in [1.29, 1.82) is 0 Å². The quantitative estimate of drug-likeness (QED) is 0.203. The van der Waals surface area contributed by atoms with Gasteiger partial charge >= 0.3 is 5.97 Å². The van der Waals surface area contributed by atoms with E-state index < -0.39 is 5.97 Å². The van der Waals surface area contributed by atoms with Crippen LogP contribution in [0.25, 0.3) is 0 Å². The Bertz CT molecular complexity index is 528. The van der Waals surface area contributed by atoms with Crippen LogP contribution in [0.15, 0.2) is 60.8 Å². The van der Waals surface area contributed by atoms with Crippen molar-refractivity contribution in [2.45, 2.75) is 70.2 Å². The van der Waals surface area contributed by atoms with Gasteiger partial charge in [-0.2, -0.15) is 0 Å². The number of carboxylic acids is 1. The third kappa shape index (κ3) is 12.5. The first-order valence-electron chi connectivity index (χ1n) is 9.53. The lowest BCUT2D eigenvalue weighted by Gasteiger charge is -2.07. The number of carbonyl (C=O) groups is 1. The Balaban J connectivity index is 1.98. The van der Waals surface area contributed by atoms with Crippen molar-refractivity contribution in [1.82, 2.24) is 0 Å². The standard InChI is InChI=1S/C22H32O4/c1-2-20-21(26-20)17-13-10-12-16-19(23)15-11-8-6-4-3-5-7-9-14-18-22(24)25/h3-9,11,14,18-21,23H,2,10,12-13,15-17H2,1H3,(H,24,25). The molecule has 0 spiro atoms. The number of aliphatic carboxylic acids is 1. The molecule has 0 aliphatic carbocycles. The van der Waals surface area contributed by atoms with E-state index in [2.05, 4.69) is 6.92 Å². The molecule has 1 heterocycles. The smallest absolute Gasteiger partial charge is 0.328 e. The molecule has 26 heavy (non-hydrogen) atoms. The molecule has 4 nitrogen and oxygen atoms in total. The Morgan fingerprint density at radius 1 is 0.962 bits per heavy atom. The minimum atomic E-state index is -0.955. The molecule has 2 N–H and O–H groups in total. The van der Waals surface area contributed by atoms with Gasteiger partial charge in [0.05, 0.1) is 18.3 Å². The first-order chi connectivity index (χ1) is 12.6. The minimum absolute atomic E-state index is 0.264. The number of carboxylic acid groups (broad SMARTS) is 1. The van der Waals surface area contributed by atoms with Crippen LogP contribution in [0.3, 0.4) is 0 Å². The maximum atomic E-state index is 10.2. The van der Waals surface area contributed by atoms with E-state index in [0.29, 0.717) is 18.6 Å². The Labute approximate surface area is 157 Å². The van der Waals surface area contributed by atoms with Crippen molar-refractivity contribution >= 4 is 5.97 Å². The average Bonchev–Trinajstić information content (AvgIpc) is 3.37. The molecule has 144 valence electrons. The number of allylic oxidation sites excluding steroid dienone is 8. The van der Waals surface area contributed by atoms with Gasteiger partial charge in [-0.3, -0.25) is 0 Å². The summed E-state index contributed by atoms with van der Waals surface area (Å²) in [4.78, 5) is 10.2. The van der Waals surface area contributed by atoms with E-state index in [1.165, 1.54) is 12.5 Å². The fraction of sp³-hybridized carbons (Fsp3) is 0.500. The summed E-state index contributed by atoms with van der Waals surface area (Å²) in [6.45, 7) is 2.17. The van der Waals surface area contributed by atoms with Gasteiger partial charge in [0.15, 0.2) is 0 Å². The minimum Gasteiger partial charge on any atom is -0.478 e. The molecule has 3 atom stereocenters. The van der Waals surface area contributed by atoms with E-state index >= 15 is 0 Å². The number of epoxide rings is 1. The molecule has 0 aromatic carbocycles. The molecule has 0 saturated carbocycles. The maximum Gasteiger partial charge on any atom is 0.328 e. The fourth-order valence-electron chi connectivity index (χ4n) is 2.65. The predicted molar refractivity (Wildman–Crippen MR) is 106 cm³/mol. The molecule has 1 fully saturated rings. The van der Waals surface area contributed by atoms with Crippen molar-refractivity contribution in [2.24, 2.45) is 0 Å². The second-order valence-electron chi connectivity index (χ2n) is 6.43. The van der Waals surface area contributed by atoms with Crippen molar-refractivity contribution < 1.29 is 19.7 Å². The highest BCUT2D eigenvalue weighted by Crippen LogP contribution is 2.29. The highest BCUT2D eigenvalue weighted by atomic mass is 16.6. The summed E-state index contributed by atoms with van der Waals surface area (Å²) in [5.74, 6) is -0.955. The lowest BCUT2D eigenvalue weighted by Crippen LogP contribution is -2.04. The summed E-state index contributed by atoms with van der Waals surface area (Å²) in [5, 5.41) is 18.3. The molecule has 1 rings (SSSR count). The van der Waals surface area contributed by atoms with Crippen LogP contribution in [-0.2, 0) is 9.53 Å².